The Morgan fingerprint density at radius 2 is 1.92 bits per heavy atom. The van der Waals surface area contributed by atoms with Crippen molar-refractivity contribution in [2.75, 3.05) is 40.0 Å². The molecule has 0 aliphatic carbocycles. The molecule has 0 bridgehead atoms. The standard InChI is InChI=1S/C18H26N2O5S/c1-14-5-3-4-8-20(14)18(21)16-13-15(6-7-17(16)24-2)26(22,23)19-9-11-25-12-10-19/h6-7,13-14H,3-5,8-12H2,1-2H3. The lowest BCUT2D eigenvalue weighted by molar-refractivity contribution is 0.0631. The lowest BCUT2D eigenvalue weighted by atomic mass is 10.0. The summed E-state index contributed by atoms with van der Waals surface area (Å²) < 4.78 is 37.8. The van der Waals surface area contributed by atoms with Crippen molar-refractivity contribution in [2.24, 2.45) is 0 Å². The van der Waals surface area contributed by atoms with Crippen LogP contribution in [0.2, 0.25) is 0 Å². The zero-order valence-electron chi connectivity index (χ0n) is 15.3. The number of ether oxygens (including phenoxy) is 2. The highest BCUT2D eigenvalue weighted by molar-refractivity contribution is 7.89. The molecule has 26 heavy (non-hydrogen) atoms. The van der Waals surface area contributed by atoms with Gasteiger partial charge in [0.2, 0.25) is 10.0 Å². The molecule has 1 amide bonds. The number of hydrogen-bond acceptors (Lipinski definition) is 5. The maximum atomic E-state index is 13.1. The van der Waals surface area contributed by atoms with Gasteiger partial charge in [0.05, 0.1) is 30.8 Å². The van der Waals surface area contributed by atoms with Crippen molar-refractivity contribution in [3.8, 4) is 5.75 Å². The van der Waals surface area contributed by atoms with Gasteiger partial charge in [-0.05, 0) is 44.4 Å². The Morgan fingerprint density at radius 1 is 1.19 bits per heavy atom. The third-order valence-electron chi connectivity index (χ3n) is 5.07. The molecule has 0 spiro atoms. The van der Waals surface area contributed by atoms with Crippen LogP contribution >= 0.6 is 0 Å². The van der Waals surface area contributed by atoms with Gasteiger partial charge in [0.25, 0.3) is 5.91 Å². The average molecular weight is 382 g/mol. The van der Waals surface area contributed by atoms with E-state index in [1.165, 1.54) is 23.5 Å². The number of piperidine rings is 1. The number of hydrogen-bond donors (Lipinski definition) is 0. The highest BCUT2D eigenvalue weighted by Gasteiger charge is 2.30. The van der Waals surface area contributed by atoms with Crippen molar-refractivity contribution < 1.29 is 22.7 Å². The quantitative estimate of drug-likeness (QED) is 0.793. The van der Waals surface area contributed by atoms with E-state index in [2.05, 4.69) is 0 Å². The molecule has 1 atom stereocenters. The van der Waals surface area contributed by atoms with Gasteiger partial charge in [0.1, 0.15) is 5.75 Å². The fourth-order valence-electron chi connectivity index (χ4n) is 3.51. The van der Waals surface area contributed by atoms with E-state index in [1.807, 2.05) is 11.8 Å². The van der Waals surface area contributed by atoms with E-state index in [0.717, 1.165) is 19.3 Å². The third-order valence-corrected chi connectivity index (χ3v) is 6.97. The van der Waals surface area contributed by atoms with E-state index in [1.54, 1.807) is 6.07 Å². The van der Waals surface area contributed by atoms with E-state index in [9.17, 15) is 13.2 Å². The van der Waals surface area contributed by atoms with Crippen molar-refractivity contribution in [1.82, 2.24) is 9.21 Å². The van der Waals surface area contributed by atoms with Crippen molar-refractivity contribution in [1.29, 1.82) is 0 Å². The second-order valence-corrected chi connectivity index (χ2v) is 8.66. The summed E-state index contributed by atoms with van der Waals surface area (Å²) >= 11 is 0. The minimum atomic E-state index is -3.66. The van der Waals surface area contributed by atoms with Crippen LogP contribution in [0.25, 0.3) is 0 Å². The second-order valence-electron chi connectivity index (χ2n) is 6.72. The minimum absolute atomic E-state index is 0.119. The molecule has 0 N–H and O–H groups in total. The molecular weight excluding hydrogens is 356 g/mol. The summed E-state index contributed by atoms with van der Waals surface area (Å²) in [5, 5.41) is 0. The minimum Gasteiger partial charge on any atom is -0.496 e. The van der Waals surface area contributed by atoms with Crippen LogP contribution in [0, 0.1) is 0 Å². The Bertz CT molecular complexity index is 759. The number of benzene rings is 1. The Labute approximate surface area is 154 Å². The number of methoxy groups -OCH3 is 1. The number of sulfonamides is 1. The van der Waals surface area contributed by atoms with Crippen LogP contribution in [0.1, 0.15) is 36.5 Å². The molecule has 1 aromatic rings. The predicted molar refractivity (Wildman–Crippen MR) is 96.9 cm³/mol. The molecule has 2 fully saturated rings. The summed E-state index contributed by atoms with van der Waals surface area (Å²) in [6.45, 7) is 4.11. The smallest absolute Gasteiger partial charge is 0.257 e. The first-order valence-electron chi connectivity index (χ1n) is 9.02. The molecule has 144 valence electrons. The normalized spacial score (nSPS) is 22.2. The van der Waals surface area contributed by atoms with Crippen LogP contribution in [0.3, 0.4) is 0 Å². The molecule has 2 aliphatic heterocycles. The molecule has 0 aromatic heterocycles. The van der Waals surface area contributed by atoms with E-state index in [4.69, 9.17) is 9.47 Å². The summed E-state index contributed by atoms with van der Waals surface area (Å²) in [6.07, 6.45) is 3.03. The Hall–Kier alpha value is -1.64. The predicted octanol–water partition coefficient (Wildman–Crippen LogP) is 1.73. The lowest BCUT2D eigenvalue weighted by Crippen LogP contribution is -2.42. The summed E-state index contributed by atoms with van der Waals surface area (Å²) in [5.41, 5.74) is 0.301. The van der Waals surface area contributed by atoms with Crippen LogP contribution in [0.5, 0.6) is 5.75 Å². The summed E-state index contributed by atoms with van der Waals surface area (Å²) in [5.74, 6) is 0.224. The molecule has 1 aromatic carbocycles. The van der Waals surface area contributed by atoms with Crippen molar-refractivity contribution in [3.63, 3.8) is 0 Å². The van der Waals surface area contributed by atoms with Gasteiger partial charge >= 0.3 is 0 Å². The maximum absolute atomic E-state index is 13.1. The fourth-order valence-corrected chi connectivity index (χ4v) is 4.94. The van der Waals surface area contributed by atoms with Crippen LogP contribution in [-0.4, -0.2) is 69.5 Å². The maximum Gasteiger partial charge on any atom is 0.257 e. The highest BCUT2D eigenvalue weighted by atomic mass is 32.2. The number of carbonyl (C=O) groups excluding carboxylic acids is 1. The number of nitrogens with zero attached hydrogens (tertiary/aromatic N) is 2. The molecule has 0 radical (unpaired) electrons. The monoisotopic (exact) mass is 382 g/mol. The van der Waals surface area contributed by atoms with E-state index in [0.29, 0.717) is 44.2 Å². The SMILES string of the molecule is COc1ccc(S(=O)(=O)N2CCOCC2)cc1C(=O)N1CCCCC1C. The van der Waals surface area contributed by atoms with Gasteiger partial charge in [0.15, 0.2) is 0 Å². The molecule has 7 nitrogen and oxygen atoms in total. The van der Waals surface area contributed by atoms with Crippen LogP contribution in [0.4, 0.5) is 0 Å². The number of carbonyl (C=O) groups is 1. The Kier molecular flexibility index (Phi) is 5.84. The molecular formula is C18H26N2O5S. The zero-order chi connectivity index (χ0) is 18.7. The molecule has 2 heterocycles. The largest absolute Gasteiger partial charge is 0.496 e. The van der Waals surface area contributed by atoms with Gasteiger partial charge in [-0.1, -0.05) is 0 Å². The van der Waals surface area contributed by atoms with Crippen LogP contribution in [0.15, 0.2) is 23.1 Å². The van der Waals surface area contributed by atoms with Crippen molar-refractivity contribution in [3.05, 3.63) is 23.8 Å². The Balaban J connectivity index is 1.94. The fraction of sp³-hybridized carbons (Fsp3) is 0.611. The van der Waals surface area contributed by atoms with Gasteiger partial charge in [0, 0.05) is 25.7 Å². The molecule has 3 rings (SSSR count). The zero-order valence-corrected chi connectivity index (χ0v) is 16.1. The number of rotatable bonds is 4. The molecule has 2 aliphatic rings. The molecule has 8 heteroatoms. The summed E-state index contributed by atoms with van der Waals surface area (Å²) in [4.78, 5) is 15.0. The first kappa shape index (κ1) is 19.1. The molecule has 0 saturated carbocycles. The molecule has 1 unspecified atom stereocenters. The molecule has 2 saturated heterocycles. The van der Waals surface area contributed by atoms with Gasteiger partial charge in [-0.25, -0.2) is 8.42 Å². The third kappa shape index (κ3) is 3.72. The van der Waals surface area contributed by atoms with Gasteiger partial charge < -0.3 is 14.4 Å². The second kappa shape index (κ2) is 7.94. The highest BCUT2D eigenvalue weighted by Crippen LogP contribution is 2.28. The average Bonchev–Trinajstić information content (AvgIpc) is 2.68. The van der Waals surface area contributed by atoms with Crippen molar-refractivity contribution >= 4 is 15.9 Å². The van der Waals surface area contributed by atoms with Gasteiger partial charge in [-0.3, -0.25) is 4.79 Å². The van der Waals surface area contributed by atoms with Gasteiger partial charge in [-0.2, -0.15) is 4.31 Å². The topological polar surface area (TPSA) is 76.1 Å². The number of amides is 1. The number of likely N-dealkylation sites (tertiary alicyclic amines) is 1. The van der Waals surface area contributed by atoms with Crippen LogP contribution < -0.4 is 4.74 Å². The lowest BCUT2D eigenvalue weighted by Gasteiger charge is -2.34. The van der Waals surface area contributed by atoms with Crippen molar-refractivity contribution in [2.45, 2.75) is 37.1 Å². The van der Waals surface area contributed by atoms with E-state index in [-0.39, 0.29) is 16.8 Å². The van der Waals surface area contributed by atoms with Gasteiger partial charge in [-0.15, -0.1) is 0 Å². The van der Waals surface area contributed by atoms with Crippen LogP contribution in [-0.2, 0) is 14.8 Å². The summed E-state index contributed by atoms with van der Waals surface area (Å²) in [7, 11) is -2.17. The Morgan fingerprint density at radius 3 is 2.58 bits per heavy atom. The summed E-state index contributed by atoms with van der Waals surface area (Å²) in [6, 6.07) is 4.66. The first-order chi connectivity index (χ1) is 12.4. The number of morpholine rings is 1. The van der Waals surface area contributed by atoms with E-state index >= 15 is 0 Å². The first-order valence-corrected chi connectivity index (χ1v) is 10.5. The van der Waals surface area contributed by atoms with E-state index < -0.39 is 10.0 Å².